The quantitative estimate of drug-likeness (QED) is 0.682. The molecule has 1 aromatic rings. The molecule has 1 aromatic carbocycles. The molecule has 1 unspecified atom stereocenters. The zero-order chi connectivity index (χ0) is 11.5. The zero-order valence-corrected chi connectivity index (χ0v) is 11.0. The number of benzene rings is 1. The Bertz CT molecular complexity index is 335. The van der Waals surface area contributed by atoms with Crippen LogP contribution in [0.1, 0.15) is 44.2 Å². The smallest absolute Gasteiger partial charge is 0.0843 e. The minimum absolute atomic E-state index is 0.309. The van der Waals surface area contributed by atoms with Gasteiger partial charge >= 0.3 is 0 Å². The Morgan fingerprint density at radius 3 is 2.47 bits per heavy atom. The Morgan fingerprint density at radius 2 is 2.00 bits per heavy atom. The Balaban J connectivity index is 3.12. The summed E-state index contributed by atoms with van der Waals surface area (Å²) in [5.41, 5.74) is 2.77. The second-order valence-corrected chi connectivity index (χ2v) is 5.06. The predicted octanol–water partition coefficient (Wildman–Crippen LogP) is 3.69. The van der Waals surface area contributed by atoms with Crippen molar-refractivity contribution >= 4 is 19.4 Å². The van der Waals surface area contributed by atoms with Gasteiger partial charge in [-0.15, -0.1) is 0 Å². The van der Waals surface area contributed by atoms with Crippen LogP contribution in [-0.4, -0.2) is 7.85 Å². The maximum atomic E-state index is 5.99. The van der Waals surface area contributed by atoms with Crippen molar-refractivity contribution in [1.82, 2.24) is 0 Å². The van der Waals surface area contributed by atoms with Gasteiger partial charge in [0.2, 0.25) is 0 Å². The topological polar surface area (TPSA) is 0 Å². The summed E-state index contributed by atoms with van der Waals surface area (Å²) >= 11 is 5.99. The molecule has 1 atom stereocenters. The van der Waals surface area contributed by atoms with Gasteiger partial charge in [-0.05, 0) is 35.5 Å². The molecule has 0 radical (unpaired) electrons. The van der Waals surface area contributed by atoms with Crippen LogP contribution in [0.5, 0.6) is 0 Å². The first-order chi connectivity index (χ1) is 7.03. The summed E-state index contributed by atoms with van der Waals surface area (Å²) in [6, 6.07) is 6.27. The van der Waals surface area contributed by atoms with E-state index in [1.807, 2.05) is 6.07 Å². The lowest BCUT2D eigenvalue weighted by Crippen LogP contribution is -2.26. The zero-order valence-electron chi connectivity index (χ0n) is 10.2. The number of aryl methyl sites for hydroxylation is 1. The summed E-state index contributed by atoms with van der Waals surface area (Å²) < 4.78 is 0. The van der Waals surface area contributed by atoms with Crippen LogP contribution in [0.25, 0.3) is 0 Å². The third-order valence-electron chi connectivity index (χ3n) is 3.42. The Hall–Kier alpha value is -0.425. The van der Waals surface area contributed by atoms with Gasteiger partial charge in [-0.2, -0.15) is 0 Å². The number of hydrogen-bond acceptors (Lipinski definition) is 0. The monoisotopic (exact) mass is 222 g/mol. The first-order valence-corrected chi connectivity index (χ1v) is 6.18. The molecule has 82 valence electrons. The third-order valence-corrected chi connectivity index (χ3v) is 3.66. The van der Waals surface area contributed by atoms with Crippen LogP contribution in [-0.2, 0) is 5.31 Å². The highest BCUT2D eigenvalue weighted by molar-refractivity contribution is 6.30. The van der Waals surface area contributed by atoms with Crippen molar-refractivity contribution in [3.63, 3.8) is 0 Å². The van der Waals surface area contributed by atoms with E-state index >= 15 is 0 Å². The van der Waals surface area contributed by atoms with Gasteiger partial charge < -0.3 is 0 Å². The molecule has 0 aliphatic carbocycles. The van der Waals surface area contributed by atoms with E-state index in [2.05, 4.69) is 40.8 Å². The Labute approximate surface area is 99.4 Å². The SMILES string of the molecule is BC(CC)(CCC)c1ccc(Cl)cc1C. The van der Waals surface area contributed by atoms with Crippen molar-refractivity contribution in [2.45, 2.75) is 45.3 Å². The molecule has 0 aliphatic rings. The molecule has 0 N–H and O–H groups in total. The molecule has 2 heteroatoms. The molecule has 0 amide bonds. The van der Waals surface area contributed by atoms with Crippen LogP contribution in [0.2, 0.25) is 5.02 Å². The van der Waals surface area contributed by atoms with Crippen molar-refractivity contribution < 1.29 is 0 Å². The van der Waals surface area contributed by atoms with Gasteiger partial charge in [0, 0.05) is 5.02 Å². The maximum absolute atomic E-state index is 5.99. The van der Waals surface area contributed by atoms with E-state index in [1.165, 1.54) is 30.4 Å². The fourth-order valence-corrected chi connectivity index (χ4v) is 2.58. The Morgan fingerprint density at radius 1 is 1.33 bits per heavy atom. The predicted molar refractivity (Wildman–Crippen MR) is 71.6 cm³/mol. The van der Waals surface area contributed by atoms with Crippen LogP contribution in [0.3, 0.4) is 0 Å². The molecule has 15 heavy (non-hydrogen) atoms. The lowest BCUT2D eigenvalue weighted by atomic mass is 9.59. The highest BCUT2D eigenvalue weighted by Crippen LogP contribution is 2.32. The van der Waals surface area contributed by atoms with Gasteiger partial charge in [0.15, 0.2) is 0 Å². The summed E-state index contributed by atoms with van der Waals surface area (Å²) in [4.78, 5) is 0. The molecule has 0 bridgehead atoms. The molecular formula is C13H20BCl. The summed E-state index contributed by atoms with van der Waals surface area (Å²) in [6.45, 7) is 6.67. The number of rotatable bonds is 4. The van der Waals surface area contributed by atoms with E-state index in [4.69, 9.17) is 11.6 Å². The van der Waals surface area contributed by atoms with Crippen molar-refractivity contribution in [3.8, 4) is 0 Å². The molecular weight excluding hydrogens is 202 g/mol. The fourth-order valence-electron chi connectivity index (χ4n) is 2.36. The largest absolute Gasteiger partial charge is 0.115 e. The molecule has 0 saturated carbocycles. The summed E-state index contributed by atoms with van der Waals surface area (Å²) in [5, 5.41) is 1.15. The third kappa shape index (κ3) is 2.78. The molecule has 0 nitrogen and oxygen atoms in total. The van der Waals surface area contributed by atoms with Crippen molar-refractivity contribution in [1.29, 1.82) is 0 Å². The molecule has 0 saturated heterocycles. The van der Waals surface area contributed by atoms with E-state index in [0.29, 0.717) is 5.31 Å². The van der Waals surface area contributed by atoms with Crippen LogP contribution < -0.4 is 0 Å². The van der Waals surface area contributed by atoms with Crippen LogP contribution in [0.4, 0.5) is 0 Å². The molecule has 0 aromatic heterocycles. The van der Waals surface area contributed by atoms with Crippen LogP contribution in [0.15, 0.2) is 18.2 Å². The maximum Gasteiger partial charge on any atom is 0.115 e. The minimum atomic E-state index is 0.309. The van der Waals surface area contributed by atoms with Gasteiger partial charge in [-0.25, -0.2) is 0 Å². The molecule has 0 aliphatic heterocycles. The number of halogens is 1. The van der Waals surface area contributed by atoms with Gasteiger partial charge in [0.1, 0.15) is 7.85 Å². The van der Waals surface area contributed by atoms with E-state index in [9.17, 15) is 0 Å². The molecule has 0 fully saturated rings. The standard InChI is InChI=1S/C13H20BCl/c1-4-8-13(14,5-2)12-7-6-11(15)9-10(12)3/h6-7,9H,4-5,8,14H2,1-3H3. The van der Waals surface area contributed by atoms with Crippen molar-refractivity contribution in [3.05, 3.63) is 34.3 Å². The summed E-state index contributed by atoms with van der Waals surface area (Å²) in [7, 11) is 2.35. The van der Waals surface area contributed by atoms with Crippen LogP contribution in [0, 0.1) is 6.92 Å². The first-order valence-electron chi connectivity index (χ1n) is 5.80. The molecule has 1 rings (SSSR count). The van der Waals surface area contributed by atoms with Gasteiger partial charge in [-0.3, -0.25) is 0 Å². The van der Waals surface area contributed by atoms with E-state index < -0.39 is 0 Å². The van der Waals surface area contributed by atoms with E-state index in [0.717, 1.165) is 5.02 Å². The average molecular weight is 223 g/mol. The molecule has 0 spiro atoms. The van der Waals surface area contributed by atoms with E-state index in [-0.39, 0.29) is 0 Å². The van der Waals surface area contributed by atoms with Gasteiger partial charge in [0.25, 0.3) is 0 Å². The lowest BCUT2D eigenvalue weighted by Gasteiger charge is -2.30. The number of hydrogen-bond donors (Lipinski definition) is 0. The van der Waals surface area contributed by atoms with Gasteiger partial charge in [-0.1, -0.05) is 50.8 Å². The average Bonchev–Trinajstić information content (AvgIpc) is 2.17. The van der Waals surface area contributed by atoms with E-state index in [1.54, 1.807) is 0 Å². The Kier molecular flexibility index (Phi) is 4.27. The first kappa shape index (κ1) is 12.6. The van der Waals surface area contributed by atoms with Crippen molar-refractivity contribution in [2.75, 3.05) is 0 Å². The van der Waals surface area contributed by atoms with Crippen molar-refractivity contribution in [2.24, 2.45) is 0 Å². The fraction of sp³-hybridized carbons (Fsp3) is 0.538. The molecule has 0 heterocycles. The lowest BCUT2D eigenvalue weighted by molar-refractivity contribution is 0.525. The summed E-state index contributed by atoms with van der Waals surface area (Å²) in [6.07, 6.45) is 3.65. The minimum Gasteiger partial charge on any atom is -0.0843 e. The van der Waals surface area contributed by atoms with Crippen LogP contribution >= 0.6 is 11.6 Å². The highest BCUT2D eigenvalue weighted by atomic mass is 35.5. The van der Waals surface area contributed by atoms with Gasteiger partial charge in [0.05, 0.1) is 0 Å². The highest BCUT2D eigenvalue weighted by Gasteiger charge is 2.24. The second kappa shape index (κ2) is 5.07. The second-order valence-electron chi connectivity index (χ2n) is 4.62. The summed E-state index contributed by atoms with van der Waals surface area (Å²) in [5.74, 6) is 0. The normalized spacial score (nSPS) is 14.9.